The van der Waals surface area contributed by atoms with Gasteiger partial charge in [-0.15, -0.1) is 0 Å². The molecule has 0 bridgehead atoms. The monoisotopic (exact) mass is 396 g/mol. The number of nitrogens with one attached hydrogen (secondary N) is 1. The lowest BCUT2D eigenvalue weighted by Crippen LogP contribution is -2.54. The Morgan fingerprint density at radius 1 is 1.14 bits per heavy atom. The number of anilines is 1. The summed E-state index contributed by atoms with van der Waals surface area (Å²) in [6.07, 6.45) is 1.50. The molecular formula is C21H20N2O4S. The number of carbonyl (C=O) groups is 2. The van der Waals surface area contributed by atoms with E-state index in [-0.39, 0.29) is 16.4 Å². The minimum Gasteiger partial charge on any atom is -0.507 e. The fraction of sp³-hybridized carbons (Fsp3) is 0.190. The standard InChI is InChI=1S/C21H20N2O4S/c1-4-27-16-7-5-15(6-8-16)23-20(26)17(19(25)22-21(23)28)11-14-9-12(2)18(24)13(3)10-14/h5-11,24H,4H2,1-3H3,(H,22,25,28)/b17-11+. The average Bonchev–Trinajstić information content (AvgIpc) is 2.64. The normalized spacial score (nSPS) is 15.8. The second-order valence-corrected chi connectivity index (χ2v) is 6.77. The summed E-state index contributed by atoms with van der Waals surface area (Å²) >= 11 is 5.21. The van der Waals surface area contributed by atoms with Crippen LogP contribution in [0.15, 0.2) is 42.0 Å². The van der Waals surface area contributed by atoms with Crippen molar-refractivity contribution in [2.45, 2.75) is 20.8 Å². The van der Waals surface area contributed by atoms with Crippen LogP contribution in [0.3, 0.4) is 0 Å². The number of aryl methyl sites for hydroxylation is 2. The molecule has 1 saturated heterocycles. The van der Waals surface area contributed by atoms with Crippen molar-refractivity contribution < 1.29 is 19.4 Å². The number of amides is 2. The summed E-state index contributed by atoms with van der Waals surface area (Å²) in [5.41, 5.74) is 2.46. The molecule has 0 aromatic heterocycles. The van der Waals surface area contributed by atoms with E-state index in [1.165, 1.54) is 11.0 Å². The molecule has 1 aliphatic heterocycles. The van der Waals surface area contributed by atoms with E-state index in [9.17, 15) is 14.7 Å². The zero-order valence-electron chi connectivity index (χ0n) is 15.8. The molecule has 0 spiro atoms. The predicted molar refractivity (Wildman–Crippen MR) is 111 cm³/mol. The summed E-state index contributed by atoms with van der Waals surface area (Å²) in [5, 5.41) is 12.5. The van der Waals surface area contributed by atoms with Gasteiger partial charge in [-0.3, -0.25) is 19.8 Å². The van der Waals surface area contributed by atoms with Crippen molar-refractivity contribution in [2.24, 2.45) is 0 Å². The highest BCUT2D eigenvalue weighted by atomic mass is 32.1. The number of ether oxygens (including phenoxy) is 1. The Morgan fingerprint density at radius 3 is 2.32 bits per heavy atom. The quantitative estimate of drug-likeness (QED) is 0.471. The zero-order valence-corrected chi connectivity index (χ0v) is 16.6. The van der Waals surface area contributed by atoms with Crippen molar-refractivity contribution in [1.82, 2.24) is 5.32 Å². The summed E-state index contributed by atoms with van der Waals surface area (Å²) < 4.78 is 5.41. The molecule has 7 heteroatoms. The van der Waals surface area contributed by atoms with E-state index in [2.05, 4.69) is 5.32 Å². The van der Waals surface area contributed by atoms with Gasteiger partial charge in [0.25, 0.3) is 11.8 Å². The molecule has 1 fully saturated rings. The molecule has 28 heavy (non-hydrogen) atoms. The van der Waals surface area contributed by atoms with Crippen LogP contribution in [0.4, 0.5) is 5.69 Å². The largest absolute Gasteiger partial charge is 0.507 e. The Bertz CT molecular complexity index is 973. The van der Waals surface area contributed by atoms with Crippen LogP contribution in [-0.4, -0.2) is 28.6 Å². The second kappa shape index (κ2) is 7.82. The van der Waals surface area contributed by atoms with Crippen LogP contribution in [-0.2, 0) is 9.59 Å². The Kier molecular flexibility index (Phi) is 5.46. The Balaban J connectivity index is 1.98. The molecule has 2 aromatic rings. The van der Waals surface area contributed by atoms with Gasteiger partial charge in [0.15, 0.2) is 5.11 Å². The molecule has 144 valence electrons. The van der Waals surface area contributed by atoms with Crippen LogP contribution in [0.25, 0.3) is 6.08 Å². The lowest BCUT2D eigenvalue weighted by atomic mass is 10.0. The van der Waals surface area contributed by atoms with Crippen molar-refractivity contribution in [3.8, 4) is 11.5 Å². The molecule has 1 heterocycles. The van der Waals surface area contributed by atoms with Gasteiger partial charge >= 0.3 is 0 Å². The third-order valence-electron chi connectivity index (χ3n) is 4.33. The molecule has 0 radical (unpaired) electrons. The molecular weight excluding hydrogens is 376 g/mol. The van der Waals surface area contributed by atoms with Gasteiger partial charge in [0.1, 0.15) is 17.1 Å². The third-order valence-corrected chi connectivity index (χ3v) is 4.62. The second-order valence-electron chi connectivity index (χ2n) is 6.39. The van der Waals surface area contributed by atoms with Crippen LogP contribution in [0.5, 0.6) is 11.5 Å². The molecule has 2 amide bonds. The van der Waals surface area contributed by atoms with Crippen molar-refractivity contribution in [3.63, 3.8) is 0 Å². The average molecular weight is 396 g/mol. The van der Waals surface area contributed by atoms with Gasteiger partial charge in [-0.05, 0) is 92.2 Å². The zero-order chi connectivity index (χ0) is 20.4. The van der Waals surface area contributed by atoms with Crippen LogP contribution in [0.2, 0.25) is 0 Å². The molecule has 3 rings (SSSR count). The van der Waals surface area contributed by atoms with Crippen molar-refractivity contribution in [3.05, 3.63) is 58.7 Å². The maximum atomic E-state index is 13.0. The van der Waals surface area contributed by atoms with Crippen LogP contribution in [0.1, 0.15) is 23.6 Å². The highest BCUT2D eigenvalue weighted by molar-refractivity contribution is 7.80. The number of phenolic OH excluding ortho intramolecular Hbond substituents is 1. The summed E-state index contributed by atoms with van der Waals surface area (Å²) in [6.45, 7) is 5.94. The number of hydrogen-bond acceptors (Lipinski definition) is 5. The summed E-state index contributed by atoms with van der Waals surface area (Å²) in [4.78, 5) is 26.7. The molecule has 0 saturated carbocycles. The highest BCUT2D eigenvalue weighted by Crippen LogP contribution is 2.27. The number of aromatic hydroxyl groups is 1. The first-order valence-corrected chi connectivity index (χ1v) is 9.17. The van der Waals surface area contributed by atoms with Crippen molar-refractivity contribution >= 4 is 40.9 Å². The van der Waals surface area contributed by atoms with E-state index in [0.29, 0.717) is 34.7 Å². The van der Waals surface area contributed by atoms with Gasteiger partial charge in [0.05, 0.1) is 12.3 Å². The van der Waals surface area contributed by atoms with Crippen LogP contribution >= 0.6 is 12.2 Å². The van der Waals surface area contributed by atoms with Gasteiger partial charge in [0, 0.05) is 0 Å². The van der Waals surface area contributed by atoms with Crippen LogP contribution in [0, 0.1) is 13.8 Å². The number of phenols is 1. The smallest absolute Gasteiger partial charge is 0.270 e. The number of nitrogens with zero attached hydrogens (tertiary/aromatic N) is 1. The van der Waals surface area contributed by atoms with Gasteiger partial charge in [-0.25, -0.2) is 0 Å². The first-order chi connectivity index (χ1) is 13.3. The van der Waals surface area contributed by atoms with Gasteiger partial charge in [-0.1, -0.05) is 0 Å². The fourth-order valence-corrected chi connectivity index (χ4v) is 3.27. The van der Waals surface area contributed by atoms with Gasteiger partial charge in [-0.2, -0.15) is 0 Å². The highest BCUT2D eigenvalue weighted by Gasteiger charge is 2.34. The molecule has 1 aliphatic rings. The summed E-state index contributed by atoms with van der Waals surface area (Å²) in [6, 6.07) is 10.3. The summed E-state index contributed by atoms with van der Waals surface area (Å²) in [5.74, 6) is -0.197. The van der Waals surface area contributed by atoms with Gasteiger partial charge in [0.2, 0.25) is 0 Å². The third kappa shape index (κ3) is 3.75. The van der Waals surface area contributed by atoms with Crippen LogP contribution < -0.4 is 15.0 Å². The number of rotatable bonds is 4. The summed E-state index contributed by atoms with van der Waals surface area (Å²) in [7, 11) is 0. The first kappa shape index (κ1) is 19.6. The molecule has 2 N–H and O–H groups in total. The van der Waals surface area contributed by atoms with E-state index in [1.54, 1.807) is 50.2 Å². The maximum absolute atomic E-state index is 13.0. The SMILES string of the molecule is CCOc1ccc(N2C(=O)/C(=C/c3cc(C)c(O)c(C)c3)C(=O)NC2=S)cc1. The lowest BCUT2D eigenvalue weighted by molar-refractivity contribution is -0.122. The van der Waals surface area contributed by atoms with Gasteiger partial charge < -0.3 is 9.84 Å². The first-order valence-electron chi connectivity index (χ1n) is 8.76. The predicted octanol–water partition coefficient (Wildman–Crippen LogP) is 3.24. The van der Waals surface area contributed by atoms with Crippen molar-refractivity contribution in [2.75, 3.05) is 11.5 Å². The number of benzene rings is 2. The van der Waals surface area contributed by atoms with E-state index in [4.69, 9.17) is 17.0 Å². The van der Waals surface area contributed by atoms with Crippen molar-refractivity contribution in [1.29, 1.82) is 0 Å². The van der Waals surface area contributed by atoms with E-state index in [0.717, 1.165) is 0 Å². The number of hydrogen-bond donors (Lipinski definition) is 2. The Labute approximate surface area is 168 Å². The Morgan fingerprint density at radius 2 is 1.75 bits per heavy atom. The molecule has 0 unspecified atom stereocenters. The minimum absolute atomic E-state index is 0.0226. The minimum atomic E-state index is -0.555. The molecule has 0 aliphatic carbocycles. The molecule has 6 nitrogen and oxygen atoms in total. The Hall–Kier alpha value is -3.19. The molecule has 2 aromatic carbocycles. The van der Waals surface area contributed by atoms with E-state index >= 15 is 0 Å². The molecule has 0 atom stereocenters. The number of thiocarbonyl (C=S) groups is 1. The topological polar surface area (TPSA) is 78.9 Å². The number of carbonyl (C=O) groups excluding carboxylic acids is 2. The van der Waals surface area contributed by atoms with E-state index < -0.39 is 11.8 Å². The maximum Gasteiger partial charge on any atom is 0.270 e. The fourth-order valence-electron chi connectivity index (χ4n) is 2.99. The van der Waals surface area contributed by atoms with E-state index in [1.807, 2.05) is 6.92 Å². The lowest BCUT2D eigenvalue weighted by Gasteiger charge is -2.29.